The monoisotopic (exact) mass is 388 g/mol. The predicted molar refractivity (Wildman–Crippen MR) is 91.3 cm³/mol. The van der Waals surface area contributed by atoms with Crippen molar-refractivity contribution in [1.29, 1.82) is 0 Å². The molecule has 0 aliphatic heterocycles. The third kappa shape index (κ3) is 7.75. The molecule has 10 heteroatoms. The van der Waals surface area contributed by atoms with Crippen molar-refractivity contribution in [3.8, 4) is 5.88 Å². The minimum atomic E-state index is -4.08. The third-order valence-corrected chi connectivity index (χ3v) is 3.39. The molecule has 0 bridgehead atoms. The van der Waals surface area contributed by atoms with Gasteiger partial charge in [0.1, 0.15) is 5.82 Å². The van der Waals surface area contributed by atoms with E-state index < -0.39 is 21.8 Å². The van der Waals surface area contributed by atoms with E-state index in [0.29, 0.717) is 16.9 Å². The minimum Gasteiger partial charge on any atom is -0.481 e. The van der Waals surface area contributed by atoms with Crippen LogP contribution in [0.15, 0.2) is 41.9 Å². The molecule has 0 aliphatic rings. The van der Waals surface area contributed by atoms with E-state index in [1.54, 1.807) is 12.1 Å². The number of primary amides is 1. The Morgan fingerprint density at radius 1 is 1.36 bits per heavy atom. The van der Waals surface area contributed by atoms with E-state index in [9.17, 15) is 17.6 Å². The zero-order valence-electron chi connectivity index (χ0n) is 12.9. The Hall–Kier alpha value is -2.49. The van der Waals surface area contributed by atoms with E-state index in [2.05, 4.69) is 4.98 Å². The summed E-state index contributed by atoms with van der Waals surface area (Å²) in [7, 11) is -2.60. The van der Waals surface area contributed by atoms with Gasteiger partial charge in [0.05, 0.1) is 23.1 Å². The lowest BCUT2D eigenvalue weighted by Gasteiger charge is -1.97. The van der Waals surface area contributed by atoms with Crippen LogP contribution in [0, 0.1) is 5.82 Å². The van der Waals surface area contributed by atoms with Gasteiger partial charge in [-0.3, -0.25) is 9.35 Å². The number of rotatable bonds is 4. The van der Waals surface area contributed by atoms with Crippen molar-refractivity contribution in [3.05, 3.63) is 63.9 Å². The van der Waals surface area contributed by atoms with Crippen LogP contribution in [-0.2, 0) is 10.1 Å². The van der Waals surface area contributed by atoms with Crippen molar-refractivity contribution in [3.63, 3.8) is 0 Å². The Labute approximate surface area is 148 Å². The van der Waals surface area contributed by atoms with Gasteiger partial charge < -0.3 is 10.5 Å². The molecule has 0 radical (unpaired) electrons. The smallest absolute Gasteiger partial charge is 0.287 e. The molecule has 7 nitrogen and oxygen atoms in total. The van der Waals surface area contributed by atoms with Crippen LogP contribution in [-0.4, -0.2) is 31.0 Å². The maximum absolute atomic E-state index is 12.4. The lowest BCUT2D eigenvalue weighted by atomic mass is 10.2. The normalized spacial score (nSPS) is 10.9. The summed E-state index contributed by atoms with van der Waals surface area (Å²) in [5.41, 5.74) is 5.61. The maximum Gasteiger partial charge on any atom is 0.287 e. The van der Waals surface area contributed by atoms with Crippen LogP contribution >= 0.6 is 11.6 Å². The number of benzene rings is 1. The summed E-state index contributed by atoms with van der Waals surface area (Å²) in [5.74, 6) is -0.705. The molecule has 134 valence electrons. The fraction of sp³-hybridized carbons (Fsp3) is 0.0667. The van der Waals surface area contributed by atoms with Crippen LogP contribution in [0.25, 0.3) is 6.08 Å². The maximum atomic E-state index is 12.4. The lowest BCUT2D eigenvalue weighted by Crippen LogP contribution is -2.11. The van der Waals surface area contributed by atoms with E-state index in [-0.39, 0.29) is 10.6 Å². The van der Waals surface area contributed by atoms with Crippen molar-refractivity contribution >= 4 is 33.7 Å². The molecule has 1 amide bonds. The van der Waals surface area contributed by atoms with Crippen LogP contribution in [0.2, 0.25) is 5.02 Å². The fourth-order valence-corrected chi connectivity index (χ4v) is 2.05. The molecule has 1 aromatic heterocycles. The summed E-state index contributed by atoms with van der Waals surface area (Å²) < 4.78 is 46.3. The summed E-state index contributed by atoms with van der Waals surface area (Å²) in [6, 6.07) is 6.63. The molecule has 0 aliphatic carbocycles. The molecule has 0 saturated carbocycles. The van der Waals surface area contributed by atoms with Crippen molar-refractivity contribution in [1.82, 2.24) is 4.98 Å². The number of amides is 1. The highest BCUT2D eigenvalue weighted by Crippen LogP contribution is 2.16. The molecule has 0 fully saturated rings. The standard InChI is InChI=1S/C8H9NO4S.C7H5ClFNO/c1-13-8-3-2-7(6-9-8)4-5-14(10,11)12;8-6-3-4(9)1-2-5(6)7(10)11/h2-6H,1H3,(H,10,11,12);1-3H,(H2,10,11)/b5-4+;. The first-order valence-corrected chi connectivity index (χ1v) is 8.41. The summed E-state index contributed by atoms with van der Waals surface area (Å²) >= 11 is 5.48. The first-order chi connectivity index (χ1) is 11.6. The molecule has 0 unspecified atom stereocenters. The van der Waals surface area contributed by atoms with Crippen LogP contribution in [0.5, 0.6) is 5.88 Å². The zero-order valence-corrected chi connectivity index (χ0v) is 14.5. The second kappa shape index (κ2) is 9.11. The number of ether oxygens (including phenoxy) is 1. The number of aromatic nitrogens is 1. The van der Waals surface area contributed by atoms with Crippen molar-refractivity contribution in [2.45, 2.75) is 0 Å². The number of pyridine rings is 1. The molecule has 1 aromatic carbocycles. The Balaban J connectivity index is 0.000000257. The Morgan fingerprint density at radius 3 is 2.48 bits per heavy atom. The van der Waals surface area contributed by atoms with E-state index in [1.165, 1.54) is 25.4 Å². The SMILES string of the molecule is COc1ccc(/C=C/S(=O)(=O)O)cn1.NC(=O)c1ccc(F)cc1Cl. The van der Waals surface area contributed by atoms with Gasteiger partial charge in [-0.25, -0.2) is 9.37 Å². The highest BCUT2D eigenvalue weighted by Gasteiger charge is 2.05. The van der Waals surface area contributed by atoms with Crippen molar-refractivity contribution in [2.75, 3.05) is 7.11 Å². The zero-order chi connectivity index (χ0) is 19.0. The number of methoxy groups -OCH3 is 1. The third-order valence-electron chi connectivity index (χ3n) is 2.60. The van der Waals surface area contributed by atoms with Crippen LogP contribution in [0.3, 0.4) is 0 Å². The summed E-state index contributed by atoms with van der Waals surface area (Å²) in [5, 5.41) is 0.730. The molecule has 2 aromatic rings. The number of nitrogens with two attached hydrogens (primary N) is 1. The van der Waals surface area contributed by atoms with Gasteiger partial charge >= 0.3 is 0 Å². The van der Waals surface area contributed by atoms with Crippen LogP contribution in [0.4, 0.5) is 4.39 Å². The number of halogens is 2. The van der Waals surface area contributed by atoms with Gasteiger partial charge in [-0.15, -0.1) is 0 Å². The van der Waals surface area contributed by atoms with Gasteiger partial charge in [-0.1, -0.05) is 11.6 Å². The largest absolute Gasteiger partial charge is 0.481 e. The molecule has 1 heterocycles. The second-order valence-corrected chi connectivity index (χ2v) is 6.15. The molecular weight excluding hydrogens is 375 g/mol. The minimum absolute atomic E-state index is 0.0394. The van der Waals surface area contributed by atoms with Gasteiger partial charge in [0, 0.05) is 12.3 Å². The average Bonchev–Trinajstić information content (AvgIpc) is 2.53. The summed E-state index contributed by atoms with van der Waals surface area (Å²) in [6.07, 6.45) is 2.67. The topological polar surface area (TPSA) is 120 Å². The van der Waals surface area contributed by atoms with Crippen LogP contribution in [0.1, 0.15) is 15.9 Å². The molecule has 0 spiro atoms. The van der Waals surface area contributed by atoms with Gasteiger partial charge in [-0.05, 0) is 35.9 Å². The van der Waals surface area contributed by atoms with E-state index in [4.69, 9.17) is 26.6 Å². The quantitative estimate of drug-likeness (QED) is 0.776. The number of nitrogens with zero attached hydrogens (tertiary/aromatic N) is 1. The molecule has 25 heavy (non-hydrogen) atoms. The summed E-state index contributed by atoms with van der Waals surface area (Å²) in [4.78, 5) is 14.4. The van der Waals surface area contributed by atoms with Gasteiger partial charge in [0.25, 0.3) is 10.1 Å². The fourth-order valence-electron chi connectivity index (χ4n) is 1.46. The Bertz CT molecular complexity index is 870. The van der Waals surface area contributed by atoms with Crippen molar-refractivity contribution in [2.24, 2.45) is 5.73 Å². The van der Waals surface area contributed by atoms with Gasteiger partial charge in [0.15, 0.2) is 0 Å². The Morgan fingerprint density at radius 2 is 2.04 bits per heavy atom. The first kappa shape index (κ1) is 20.6. The molecule has 2 rings (SSSR count). The van der Waals surface area contributed by atoms with E-state index in [1.807, 2.05) is 0 Å². The molecule has 3 N–H and O–H groups in total. The predicted octanol–water partition coefficient (Wildman–Crippen LogP) is 2.53. The Kier molecular flexibility index (Phi) is 7.49. The average molecular weight is 389 g/mol. The first-order valence-electron chi connectivity index (χ1n) is 6.53. The van der Waals surface area contributed by atoms with E-state index >= 15 is 0 Å². The number of carbonyl (C=O) groups excluding carboxylic acids is 1. The number of carbonyl (C=O) groups is 1. The second-order valence-electron chi connectivity index (χ2n) is 4.44. The van der Waals surface area contributed by atoms with Crippen LogP contribution < -0.4 is 10.5 Å². The number of hydrogen-bond donors (Lipinski definition) is 2. The van der Waals surface area contributed by atoms with Crippen molar-refractivity contribution < 1.29 is 26.9 Å². The molecule has 0 saturated heterocycles. The van der Waals surface area contributed by atoms with Gasteiger partial charge in [0.2, 0.25) is 11.8 Å². The molecule has 0 atom stereocenters. The lowest BCUT2D eigenvalue weighted by molar-refractivity contribution is 0.100. The number of hydrogen-bond acceptors (Lipinski definition) is 5. The highest BCUT2D eigenvalue weighted by atomic mass is 35.5. The van der Waals surface area contributed by atoms with Gasteiger partial charge in [-0.2, -0.15) is 8.42 Å². The van der Waals surface area contributed by atoms with E-state index in [0.717, 1.165) is 12.1 Å². The highest BCUT2D eigenvalue weighted by molar-refractivity contribution is 7.88. The summed E-state index contributed by atoms with van der Waals surface area (Å²) in [6.45, 7) is 0. The molecular formula is C15H14ClFN2O5S.